The number of ether oxygens (including phenoxy) is 1. The summed E-state index contributed by atoms with van der Waals surface area (Å²) in [4.78, 5) is 13.9. The largest absolute Gasteiger partial charge is 0.481 e. The van der Waals surface area contributed by atoms with Crippen molar-refractivity contribution in [3.8, 4) is 5.75 Å². The number of hydrogen-bond acceptors (Lipinski definition) is 5. The first-order chi connectivity index (χ1) is 16.2. The number of anilines is 2. The Morgan fingerprint density at radius 3 is 2.32 bits per heavy atom. The number of para-hydroxylation sites is 1. The van der Waals surface area contributed by atoms with E-state index in [0.29, 0.717) is 22.9 Å². The summed E-state index contributed by atoms with van der Waals surface area (Å²) in [6.45, 7) is 1.87. The summed E-state index contributed by atoms with van der Waals surface area (Å²) in [5.41, 5.74) is 2.37. The highest BCUT2D eigenvalue weighted by atomic mass is 35.5. The number of carbonyl (C=O) groups excluding carboxylic acids is 1. The van der Waals surface area contributed by atoms with Gasteiger partial charge in [0.1, 0.15) is 5.75 Å². The number of amides is 1. The SMILES string of the molecule is CC[C@@H](Oc1ccc(N(C)S(C)(=O)=O)cc1)C(=O)Nc1ccccc1SCc1ccc(Cl)cc1. The third-order valence-electron chi connectivity index (χ3n) is 5.09. The van der Waals surface area contributed by atoms with Gasteiger partial charge in [0.05, 0.1) is 17.6 Å². The number of hydrogen-bond donors (Lipinski definition) is 1. The standard InChI is InChI=1S/C25H27ClN2O4S2/c1-4-23(32-21-15-13-20(14-16-21)28(2)34(3,30)31)25(29)27-22-7-5-6-8-24(22)33-17-18-9-11-19(26)12-10-18/h5-16,23H,4,17H2,1-3H3,(H,27,29)/t23-/m1/s1. The number of carbonyl (C=O) groups is 1. The summed E-state index contributed by atoms with van der Waals surface area (Å²) in [5.74, 6) is 0.976. The lowest BCUT2D eigenvalue weighted by Gasteiger charge is -2.20. The summed E-state index contributed by atoms with van der Waals surface area (Å²) in [5, 5.41) is 3.68. The first-order valence-corrected chi connectivity index (χ1v) is 13.9. The molecule has 0 radical (unpaired) electrons. The fraction of sp³-hybridized carbons (Fsp3) is 0.240. The maximum Gasteiger partial charge on any atom is 0.265 e. The van der Waals surface area contributed by atoms with Crippen molar-refractivity contribution in [3.05, 3.63) is 83.4 Å². The summed E-state index contributed by atoms with van der Waals surface area (Å²) in [7, 11) is -1.87. The summed E-state index contributed by atoms with van der Waals surface area (Å²) in [6, 6.07) is 21.9. The maximum absolute atomic E-state index is 13.0. The smallest absolute Gasteiger partial charge is 0.265 e. The maximum atomic E-state index is 13.0. The second-order valence-electron chi connectivity index (χ2n) is 7.64. The van der Waals surface area contributed by atoms with E-state index in [-0.39, 0.29) is 5.91 Å². The van der Waals surface area contributed by atoms with Crippen LogP contribution >= 0.6 is 23.4 Å². The van der Waals surface area contributed by atoms with Crippen LogP contribution in [-0.2, 0) is 20.6 Å². The van der Waals surface area contributed by atoms with E-state index in [0.717, 1.165) is 28.2 Å². The molecule has 1 N–H and O–H groups in total. The highest BCUT2D eigenvalue weighted by Gasteiger charge is 2.20. The number of benzene rings is 3. The first-order valence-electron chi connectivity index (χ1n) is 10.6. The minimum atomic E-state index is -3.35. The summed E-state index contributed by atoms with van der Waals surface area (Å²) in [6.07, 6.45) is 0.907. The summed E-state index contributed by atoms with van der Waals surface area (Å²) >= 11 is 7.58. The van der Waals surface area contributed by atoms with Gasteiger partial charge < -0.3 is 10.1 Å². The molecule has 6 nitrogen and oxygen atoms in total. The molecule has 3 rings (SSSR count). The van der Waals surface area contributed by atoms with E-state index in [9.17, 15) is 13.2 Å². The minimum absolute atomic E-state index is 0.251. The van der Waals surface area contributed by atoms with Crippen molar-refractivity contribution in [2.45, 2.75) is 30.1 Å². The average molecular weight is 519 g/mol. The zero-order valence-corrected chi connectivity index (χ0v) is 21.6. The van der Waals surface area contributed by atoms with Crippen molar-refractivity contribution in [1.29, 1.82) is 0 Å². The van der Waals surface area contributed by atoms with Crippen LogP contribution in [0, 0.1) is 0 Å². The second-order valence-corrected chi connectivity index (χ2v) is 11.1. The Labute approximate surface area is 210 Å². The van der Waals surface area contributed by atoms with E-state index in [2.05, 4.69) is 5.32 Å². The lowest BCUT2D eigenvalue weighted by Crippen LogP contribution is -2.32. The quantitative estimate of drug-likeness (QED) is 0.342. The predicted octanol–water partition coefficient (Wildman–Crippen LogP) is 5.82. The predicted molar refractivity (Wildman–Crippen MR) is 140 cm³/mol. The van der Waals surface area contributed by atoms with E-state index in [1.54, 1.807) is 36.0 Å². The number of sulfonamides is 1. The van der Waals surface area contributed by atoms with Gasteiger partial charge in [0.15, 0.2) is 6.10 Å². The molecule has 0 saturated carbocycles. The van der Waals surface area contributed by atoms with Gasteiger partial charge in [0.25, 0.3) is 5.91 Å². The van der Waals surface area contributed by atoms with Crippen molar-refractivity contribution in [3.63, 3.8) is 0 Å². The molecule has 9 heteroatoms. The van der Waals surface area contributed by atoms with Crippen molar-refractivity contribution >= 4 is 50.7 Å². The molecule has 0 aliphatic rings. The molecule has 3 aromatic carbocycles. The molecule has 0 heterocycles. The van der Waals surface area contributed by atoms with Crippen molar-refractivity contribution in [1.82, 2.24) is 0 Å². The van der Waals surface area contributed by atoms with E-state index in [4.69, 9.17) is 16.3 Å². The Hall–Kier alpha value is -2.68. The van der Waals surface area contributed by atoms with Gasteiger partial charge in [-0.25, -0.2) is 8.42 Å². The first kappa shape index (κ1) is 25.9. The molecular formula is C25H27ClN2O4S2. The zero-order valence-electron chi connectivity index (χ0n) is 19.2. The molecule has 0 fully saturated rings. The van der Waals surface area contributed by atoms with Crippen LogP contribution in [0.1, 0.15) is 18.9 Å². The van der Waals surface area contributed by atoms with Crippen LogP contribution in [-0.4, -0.2) is 33.7 Å². The molecular weight excluding hydrogens is 492 g/mol. The number of rotatable bonds is 10. The third kappa shape index (κ3) is 7.16. The molecule has 34 heavy (non-hydrogen) atoms. The van der Waals surface area contributed by atoms with Crippen LogP contribution < -0.4 is 14.4 Å². The van der Waals surface area contributed by atoms with Crippen LogP contribution in [0.3, 0.4) is 0 Å². The van der Waals surface area contributed by atoms with E-state index in [1.807, 2.05) is 55.5 Å². The second kappa shape index (κ2) is 11.6. The molecule has 0 bridgehead atoms. The van der Waals surface area contributed by atoms with Crippen LogP contribution in [0.2, 0.25) is 5.02 Å². The van der Waals surface area contributed by atoms with Crippen LogP contribution in [0.15, 0.2) is 77.7 Å². The molecule has 0 aromatic heterocycles. The third-order valence-corrected chi connectivity index (χ3v) is 7.69. The molecule has 0 unspecified atom stereocenters. The number of halogens is 1. The van der Waals surface area contributed by atoms with Crippen molar-refractivity contribution < 1.29 is 17.9 Å². The molecule has 0 aliphatic carbocycles. The van der Waals surface area contributed by atoms with Gasteiger partial charge in [0.2, 0.25) is 10.0 Å². The number of nitrogens with zero attached hydrogens (tertiary/aromatic N) is 1. The Morgan fingerprint density at radius 1 is 1.06 bits per heavy atom. The Kier molecular flexibility index (Phi) is 8.88. The average Bonchev–Trinajstić information content (AvgIpc) is 2.82. The highest BCUT2D eigenvalue weighted by molar-refractivity contribution is 7.98. The van der Waals surface area contributed by atoms with Crippen LogP contribution in [0.25, 0.3) is 0 Å². The van der Waals surface area contributed by atoms with Gasteiger partial charge in [-0.1, -0.05) is 42.8 Å². The molecule has 180 valence electrons. The van der Waals surface area contributed by atoms with Crippen molar-refractivity contribution in [2.75, 3.05) is 22.9 Å². The van der Waals surface area contributed by atoms with Crippen LogP contribution in [0.4, 0.5) is 11.4 Å². The molecule has 3 aromatic rings. The highest BCUT2D eigenvalue weighted by Crippen LogP contribution is 2.30. The van der Waals surface area contributed by atoms with Gasteiger partial charge in [-0.15, -0.1) is 11.8 Å². The minimum Gasteiger partial charge on any atom is -0.481 e. The Bertz CT molecular complexity index is 1220. The summed E-state index contributed by atoms with van der Waals surface area (Å²) < 4.78 is 30.5. The van der Waals surface area contributed by atoms with Gasteiger partial charge in [-0.2, -0.15) is 0 Å². The van der Waals surface area contributed by atoms with Crippen molar-refractivity contribution in [2.24, 2.45) is 0 Å². The van der Waals surface area contributed by atoms with E-state index < -0.39 is 16.1 Å². The fourth-order valence-corrected chi connectivity index (χ4v) is 4.66. The van der Waals surface area contributed by atoms with Gasteiger partial charge in [-0.05, 0) is 60.5 Å². The molecule has 0 saturated heterocycles. The Morgan fingerprint density at radius 2 is 1.71 bits per heavy atom. The van der Waals surface area contributed by atoms with E-state index in [1.165, 1.54) is 11.4 Å². The fourth-order valence-electron chi connectivity index (χ4n) is 3.06. The van der Waals surface area contributed by atoms with Crippen LogP contribution in [0.5, 0.6) is 5.75 Å². The Balaban J connectivity index is 1.65. The zero-order chi connectivity index (χ0) is 24.7. The topological polar surface area (TPSA) is 75.7 Å². The normalized spacial score (nSPS) is 12.1. The monoisotopic (exact) mass is 518 g/mol. The van der Waals surface area contributed by atoms with Gasteiger partial charge >= 0.3 is 0 Å². The lowest BCUT2D eigenvalue weighted by molar-refractivity contribution is -0.122. The number of nitrogens with one attached hydrogen (secondary N) is 1. The molecule has 0 spiro atoms. The lowest BCUT2D eigenvalue weighted by atomic mass is 10.2. The van der Waals surface area contributed by atoms with Gasteiger partial charge in [0, 0.05) is 22.7 Å². The van der Waals surface area contributed by atoms with Gasteiger partial charge in [-0.3, -0.25) is 9.10 Å². The molecule has 0 aliphatic heterocycles. The number of thioether (sulfide) groups is 1. The molecule has 1 amide bonds. The molecule has 1 atom stereocenters. The van der Waals surface area contributed by atoms with E-state index >= 15 is 0 Å².